The SMILES string of the molecule is CCc1nc(-c2ccccc2NC(=O)C(F)(F)C2(O)CCC2)n[nH]1. The van der Waals surface area contributed by atoms with E-state index in [1.54, 1.807) is 18.2 Å². The number of halogens is 2. The van der Waals surface area contributed by atoms with Crippen LogP contribution in [0.15, 0.2) is 24.3 Å². The summed E-state index contributed by atoms with van der Waals surface area (Å²) in [6, 6.07) is 6.44. The number of anilines is 1. The molecule has 0 bridgehead atoms. The number of rotatable bonds is 5. The van der Waals surface area contributed by atoms with Crippen LogP contribution in [0.4, 0.5) is 14.5 Å². The number of benzene rings is 1. The van der Waals surface area contributed by atoms with Crippen LogP contribution >= 0.6 is 0 Å². The number of aliphatic hydroxyl groups is 1. The largest absolute Gasteiger partial charge is 0.383 e. The molecule has 0 saturated heterocycles. The molecule has 6 nitrogen and oxygen atoms in total. The van der Waals surface area contributed by atoms with Crippen LogP contribution in [-0.4, -0.2) is 37.7 Å². The Hall–Kier alpha value is -2.35. The van der Waals surface area contributed by atoms with Gasteiger partial charge in [-0.15, -0.1) is 0 Å². The Balaban J connectivity index is 1.87. The van der Waals surface area contributed by atoms with Gasteiger partial charge in [-0.25, -0.2) is 4.98 Å². The molecule has 1 aliphatic rings. The topological polar surface area (TPSA) is 90.9 Å². The van der Waals surface area contributed by atoms with Crippen molar-refractivity contribution in [2.45, 2.75) is 44.1 Å². The highest BCUT2D eigenvalue weighted by atomic mass is 19.3. The van der Waals surface area contributed by atoms with Gasteiger partial charge in [0.05, 0.1) is 5.69 Å². The van der Waals surface area contributed by atoms with Crippen molar-refractivity contribution in [3.8, 4) is 11.4 Å². The van der Waals surface area contributed by atoms with Crippen LogP contribution < -0.4 is 5.32 Å². The van der Waals surface area contributed by atoms with Gasteiger partial charge < -0.3 is 10.4 Å². The Kier molecular flexibility index (Phi) is 4.08. The van der Waals surface area contributed by atoms with Crippen molar-refractivity contribution >= 4 is 11.6 Å². The zero-order chi connectivity index (χ0) is 17.4. The van der Waals surface area contributed by atoms with Gasteiger partial charge in [0.2, 0.25) is 0 Å². The minimum atomic E-state index is -3.86. The first-order chi connectivity index (χ1) is 11.4. The standard InChI is InChI=1S/C16H18F2N4O2/c1-2-12-20-13(22-21-12)10-6-3-4-7-11(10)19-14(23)16(17,18)15(24)8-5-9-15/h3-4,6-7,24H,2,5,8-9H2,1H3,(H,19,23)(H,20,21,22). The number of carbonyl (C=O) groups excluding carboxylic acids is 1. The molecule has 1 aliphatic carbocycles. The Morgan fingerprint density at radius 3 is 2.71 bits per heavy atom. The van der Waals surface area contributed by atoms with E-state index < -0.39 is 17.4 Å². The van der Waals surface area contributed by atoms with E-state index in [1.807, 2.05) is 6.92 Å². The number of para-hydroxylation sites is 1. The predicted molar refractivity (Wildman–Crippen MR) is 83.6 cm³/mol. The number of H-pyrrole nitrogens is 1. The number of aromatic nitrogens is 3. The smallest absolute Gasteiger partial charge is 0.352 e. The van der Waals surface area contributed by atoms with Crippen LogP contribution in [0.3, 0.4) is 0 Å². The molecule has 1 aromatic heterocycles. The molecular formula is C16H18F2N4O2. The van der Waals surface area contributed by atoms with Crippen LogP contribution in [-0.2, 0) is 11.2 Å². The van der Waals surface area contributed by atoms with Gasteiger partial charge in [0, 0.05) is 12.0 Å². The normalized spacial score (nSPS) is 16.5. The molecule has 1 aromatic carbocycles. The predicted octanol–water partition coefficient (Wildman–Crippen LogP) is 2.52. The fourth-order valence-electron chi connectivity index (χ4n) is 2.60. The number of aryl methyl sites for hydroxylation is 1. The lowest BCUT2D eigenvalue weighted by Crippen LogP contribution is -2.59. The third-order valence-corrected chi connectivity index (χ3v) is 4.33. The van der Waals surface area contributed by atoms with E-state index in [-0.39, 0.29) is 18.5 Å². The molecule has 0 radical (unpaired) electrons. The summed E-state index contributed by atoms with van der Waals surface area (Å²) >= 11 is 0. The molecule has 0 atom stereocenters. The lowest BCUT2D eigenvalue weighted by atomic mass is 9.75. The summed E-state index contributed by atoms with van der Waals surface area (Å²) in [5.41, 5.74) is -1.66. The van der Waals surface area contributed by atoms with Crippen LogP contribution in [0.5, 0.6) is 0 Å². The minimum absolute atomic E-state index is 0.0875. The molecule has 0 aliphatic heterocycles. The Morgan fingerprint density at radius 1 is 1.42 bits per heavy atom. The van der Waals surface area contributed by atoms with E-state index >= 15 is 0 Å². The first-order valence-electron chi connectivity index (χ1n) is 7.80. The summed E-state index contributed by atoms with van der Waals surface area (Å²) in [4.78, 5) is 16.3. The summed E-state index contributed by atoms with van der Waals surface area (Å²) in [6.45, 7) is 1.90. The van der Waals surface area contributed by atoms with Crippen molar-refractivity contribution in [2.75, 3.05) is 5.32 Å². The van der Waals surface area contributed by atoms with Crippen molar-refractivity contribution in [3.05, 3.63) is 30.1 Å². The molecule has 8 heteroatoms. The highest BCUT2D eigenvalue weighted by Gasteiger charge is 2.61. The van der Waals surface area contributed by atoms with Crippen molar-refractivity contribution in [3.63, 3.8) is 0 Å². The van der Waals surface area contributed by atoms with E-state index in [0.29, 0.717) is 30.1 Å². The maximum Gasteiger partial charge on any atom is 0.352 e. The number of alkyl halides is 2. The summed E-state index contributed by atoms with van der Waals surface area (Å²) in [5.74, 6) is -4.41. The maximum atomic E-state index is 14.2. The number of hydrogen-bond acceptors (Lipinski definition) is 4. The number of amides is 1. The minimum Gasteiger partial charge on any atom is -0.383 e. The molecule has 0 unspecified atom stereocenters. The Labute approximate surface area is 137 Å². The van der Waals surface area contributed by atoms with E-state index in [0.717, 1.165) is 0 Å². The first-order valence-corrected chi connectivity index (χ1v) is 7.80. The van der Waals surface area contributed by atoms with Crippen LogP contribution in [0, 0.1) is 0 Å². The van der Waals surface area contributed by atoms with Crippen LogP contribution in [0.25, 0.3) is 11.4 Å². The summed E-state index contributed by atoms with van der Waals surface area (Å²) in [5, 5.41) is 18.9. The summed E-state index contributed by atoms with van der Waals surface area (Å²) in [6.07, 6.45) is 0.950. The van der Waals surface area contributed by atoms with Gasteiger partial charge >= 0.3 is 5.92 Å². The number of nitrogens with zero attached hydrogens (tertiary/aromatic N) is 2. The van der Waals surface area contributed by atoms with E-state index in [9.17, 15) is 18.7 Å². The third-order valence-electron chi connectivity index (χ3n) is 4.33. The van der Waals surface area contributed by atoms with Gasteiger partial charge in [0.15, 0.2) is 5.82 Å². The monoisotopic (exact) mass is 336 g/mol. The molecule has 1 saturated carbocycles. The highest BCUT2D eigenvalue weighted by molar-refractivity contribution is 5.99. The average Bonchev–Trinajstić information content (AvgIpc) is 3.01. The zero-order valence-electron chi connectivity index (χ0n) is 13.1. The molecular weight excluding hydrogens is 318 g/mol. The number of nitrogens with one attached hydrogen (secondary N) is 2. The number of hydrogen-bond donors (Lipinski definition) is 3. The maximum absolute atomic E-state index is 14.2. The highest BCUT2D eigenvalue weighted by Crippen LogP contribution is 2.44. The third kappa shape index (κ3) is 2.66. The van der Waals surface area contributed by atoms with Gasteiger partial charge in [-0.3, -0.25) is 9.89 Å². The van der Waals surface area contributed by atoms with Crippen molar-refractivity contribution in [1.29, 1.82) is 0 Å². The van der Waals surface area contributed by atoms with E-state index in [4.69, 9.17) is 0 Å². The second-order valence-corrected chi connectivity index (χ2v) is 5.92. The van der Waals surface area contributed by atoms with E-state index in [1.165, 1.54) is 6.07 Å². The molecule has 128 valence electrons. The Morgan fingerprint density at radius 2 is 2.12 bits per heavy atom. The van der Waals surface area contributed by atoms with Gasteiger partial charge in [0.1, 0.15) is 11.4 Å². The first kappa shape index (κ1) is 16.5. The lowest BCUT2D eigenvalue weighted by Gasteiger charge is -2.41. The quantitative estimate of drug-likeness (QED) is 0.782. The molecule has 24 heavy (non-hydrogen) atoms. The Bertz CT molecular complexity index is 756. The second-order valence-electron chi connectivity index (χ2n) is 5.92. The molecule has 1 heterocycles. The molecule has 3 rings (SSSR count). The van der Waals surface area contributed by atoms with Gasteiger partial charge in [0.25, 0.3) is 5.91 Å². The molecule has 1 amide bonds. The summed E-state index contributed by atoms with van der Waals surface area (Å²) < 4.78 is 28.5. The molecule has 3 N–H and O–H groups in total. The van der Waals surface area contributed by atoms with E-state index in [2.05, 4.69) is 20.5 Å². The van der Waals surface area contributed by atoms with Crippen molar-refractivity contribution < 1.29 is 18.7 Å². The fourth-order valence-corrected chi connectivity index (χ4v) is 2.60. The van der Waals surface area contributed by atoms with Crippen molar-refractivity contribution in [2.24, 2.45) is 0 Å². The fraction of sp³-hybridized carbons (Fsp3) is 0.438. The van der Waals surface area contributed by atoms with Crippen LogP contribution in [0.1, 0.15) is 32.0 Å². The molecule has 2 aromatic rings. The lowest BCUT2D eigenvalue weighted by molar-refractivity contribution is -0.212. The molecule has 1 fully saturated rings. The zero-order valence-corrected chi connectivity index (χ0v) is 13.1. The van der Waals surface area contributed by atoms with Crippen LogP contribution in [0.2, 0.25) is 0 Å². The number of carbonyl (C=O) groups is 1. The van der Waals surface area contributed by atoms with Gasteiger partial charge in [-0.2, -0.15) is 13.9 Å². The summed E-state index contributed by atoms with van der Waals surface area (Å²) in [7, 11) is 0. The second kappa shape index (κ2) is 5.94. The number of aromatic amines is 1. The molecule has 0 spiro atoms. The van der Waals surface area contributed by atoms with Crippen molar-refractivity contribution in [1.82, 2.24) is 15.2 Å². The van der Waals surface area contributed by atoms with Gasteiger partial charge in [-0.1, -0.05) is 19.1 Å². The average molecular weight is 336 g/mol. The van der Waals surface area contributed by atoms with Gasteiger partial charge in [-0.05, 0) is 31.4 Å².